The lowest BCUT2D eigenvalue weighted by molar-refractivity contribution is -0.137. The first kappa shape index (κ1) is 20.2. The van der Waals surface area contributed by atoms with Crippen molar-refractivity contribution < 1.29 is 18.0 Å². The number of alkyl halides is 3. The fraction of sp³-hybridized carbons (Fsp3) is 0.167. The molecule has 0 aliphatic rings. The monoisotopic (exact) mass is 426 g/mol. The third-order valence-corrected chi connectivity index (χ3v) is 4.90. The third-order valence-electron chi connectivity index (χ3n) is 3.69. The number of carbonyl (C=O) groups is 1. The van der Waals surface area contributed by atoms with Gasteiger partial charge in [-0.3, -0.25) is 9.89 Å². The van der Waals surface area contributed by atoms with Gasteiger partial charge in [0.2, 0.25) is 11.1 Å². The summed E-state index contributed by atoms with van der Waals surface area (Å²) in [6, 6.07) is 11.5. The van der Waals surface area contributed by atoms with Crippen molar-refractivity contribution in [1.29, 1.82) is 0 Å². The van der Waals surface area contributed by atoms with Crippen molar-refractivity contribution in [3.8, 4) is 11.4 Å². The summed E-state index contributed by atoms with van der Waals surface area (Å²) < 4.78 is 38.3. The summed E-state index contributed by atoms with van der Waals surface area (Å²) in [6.07, 6.45) is -4.47. The molecular formula is C18H14ClF3N4OS. The predicted molar refractivity (Wildman–Crippen MR) is 102 cm³/mol. The molecule has 3 aromatic rings. The van der Waals surface area contributed by atoms with Crippen LogP contribution >= 0.6 is 23.4 Å². The summed E-state index contributed by atoms with van der Waals surface area (Å²) in [5.41, 5.74) is 0.0288. The Morgan fingerprint density at radius 1 is 1.21 bits per heavy atom. The highest BCUT2D eigenvalue weighted by Gasteiger charge is 2.30. The molecule has 0 fully saturated rings. The number of thioether (sulfide) groups is 1. The Hall–Kier alpha value is -2.52. The van der Waals surface area contributed by atoms with Crippen molar-refractivity contribution in [2.24, 2.45) is 0 Å². The Morgan fingerprint density at radius 3 is 2.61 bits per heavy atom. The molecular weight excluding hydrogens is 413 g/mol. The molecule has 28 heavy (non-hydrogen) atoms. The second kappa shape index (κ2) is 8.24. The summed E-state index contributed by atoms with van der Waals surface area (Å²) in [5.74, 6) is 0.0619. The lowest BCUT2D eigenvalue weighted by Crippen LogP contribution is -2.22. The van der Waals surface area contributed by atoms with Crippen molar-refractivity contribution in [2.45, 2.75) is 23.5 Å². The Labute approximate surface area is 167 Å². The number of carbonyl (C=O) groups excluding carboxylic acids is 1. The number of hydrogen-bond donors (Lipinski definition) is 2. The molecule has 146 valence electrons. The van der Waals surface area contributed by atoms with Crippen LogP contribution in [0.1, 0.15) is 12.5 Å². The molecule has 0 spiro atoms. The number of rotatable bonds is 5. The number of nitrogens with zero attached hydrogens (tertiary/aromatic N) is 2. The van der Waals surface area contributed by atoms with Crippen LogP contribution in [0.25, 0.3) is 11.4 Å². The van der Waals surface area contributed by atoms with Crippen molar-refractivity contribution in [3.63, 3.8) is 0 Å². The van der Waals surface area contributed by atoms with Crippen LogP contribution in [0.2, 0.25) is 5.02 Å². The quantitative estimate of drug-likeness (QED) is 0.546. The maximum Gasteiger partial charge on any atom is 0.416 e. The molecule has 2 aromatic carbocycles. The number of halogens is 4. The molecule has 5 nitrogen and oxygen atoms in total. The number of benzene rings is 2. The number of hydrogen-bond acceptors (Lipinski definition) is 4. The van der Waals surface area contributed by atoms with Gasteiger partial charge in [-0.2, -0.15) is 13.2 Å². The largest absolute Gasteiger partial charge is 0.416 e. The average molecular weight is 427 g/mol. The van der Waals surface area contributed by atoms with Gasteiger partial charge in [0.15, 0.2) is 5.82 Å². The number of H-pyrrole nitrogens is 1. The molecule has 1 amide bonds. The zero-order valence-electron chi connectivity index (χ0n) is 14.4. The molecule has 0 saturated heterocycles. The Morgan fingerprint density at radius 2 is 1.93 bits per heavy atom. The molecule has 0 saturated carbocycles. The van der Waals surface area contributed by atoms with Crippen molar-refractivity contribution in [2.75, 3.05) is 5.32 Å². The summed E-state index contributed by atoms with van der Waals surface area (Å²) >= 11 is 6.94. The molecule has 1 unspecified atom stereocenters. The Bertz CT molecular complexity index is 975. The Kier molecular flexibility index (Phi) is 5.95. The zero-order valence-corrected chi connectivity index (χ0v) is 16.0. The molecule has 2 N–H and O–H groups in total. The van der Waals surface area contributed by atoms with E-state index in [9.17, 15) is 18.0 Å². The minimum atomic E-state index is -4.47. The number of aromatic amines is 1. The standard InChI is InChI=1S/C18H14ClF3N4OS/c1-10(16(27)23-14-4-2-3-12(9-14)18(20,21)22)28-17-24-15(25-26-17)11-5-7-13(19)8-6-11/h2-10H,1H3,(H,23,27)(H,24,25,26). The van der Waals surface area contributed by atoms with E-state index in [2.05, 4.69) is 20.5 Å². The number of nitrogens with one attached hydrogen (secondary N) is 2. The summed E-state index contributed by atoms with van der Waals surface area (Å²) in [5, 5.41) is 9.63. The molecule has 0 aliphatic heterocycles. The van der Waals surface area contributed by atoms with Gasteiger partial charge in [0, 0.05) is 16.3 Å². The normalized spacial score (nSPS) is 12.6. The molecule has 0 aliphatic carbocycles. The number of amides is 1. The SMILES string of the molecule is CC(Sc1n[nH]c(-c2ccc(Cl)cc2)n1)C(=O)Nc1cccc(C(F)(F)F)c1. The molecule has 1 atom stereocenters. The summed E-state index contributed by atoms with van der Waals surface area (Å²) in [6.45, 7) is 1.62. The van der Waals surface area contributed by atoms with Crippen molar-refractivity contribution in [1.82, 2.24) is 15.2 Å². The van der Waals surface area contributed by atoms with Gasteiger partial charge in [-0.05, 0) is 49.4 Å². The van der Waals surface area contributed by atoms with E-state index in [1.54, 1.807) is 31.2 Å². The van der Waals surface area contributed by atoms with E-state index >= 15 is 0 Å². The number of anilines is 1. The minimum Gasteiger partial charge on any atom is -0.325 e. The highest BCUT2D eigenvalue weighted by molar-refractivity contribution is 8.00. The van der Waals surface area contributed by atoms with E-state index in [1.807, 2.05) is 0 Å². The van der Waals surface area contributed by atoms with Crippen LogP contribution in [-0.2, 0) is 11.0 Å². The summed E-state index contributed by atoms with van der Waals surface area (Å²) in [4.78, 5) is 16.6. The van der Waals surface area contributed by atoms with Gasteiger partial charge in [-0.15, -0.1) is 5.10 Å². The van der Waals surface area contributed by atoms with Gasteiger partial charge in [-0.25, -0.2) is 4.98 Å². The second-order valence-corrected chi connectivity index (χ2v) is 7.55. The van der Waals surface area contributed by atoms with Crippen LogP contribution in [0.5, 0.6) is 0 Å². The van der Waals surface area contributed by atoms with E-state index < -0.39 is 22.9 Å². The van der Waals surface area contributed by atoms with Gasteiger partial charge in [0.1, 0.15) is 0 Å². The van der Waals surface area contributed by atoms with E-state index in [0.717, 1.165) is 29.5 Å². The first-order chi connectivity index (χ1) is 13.2. The fourth-order valence-corrected chi connectivity index (χ4v) is 3.12. The van der Waals surface area contributed by atoms with Gasteiger partial charge in [-0.1, -0.05) is 29.4 Å². The van der Waals surface area contributed by atoms with E-state index in [1.165, 1.54) is 12.1 Å². The van der Waals surface area contributed by atoms with Crippen LogP contribution in [0.4, 0.5) is 18.9 Å². The third kappa shape index (κ3) is 5.05. The minimum absolute atomic E-state index is 0.0733. The second-order valence-electron chi connectivity index (χ2n) is 5.80. The van der Waals surface area contributed by atoms with E-state index in [-0.39, 0.29) is 5.69 Å². The average Bonchev–Trinajstić information content (AvgIpc) is 3.10. The predicted octanol–water partition coefficient (Wildman–Crippen LogP) is 5.26. The molecule has 10 heteroatoms. The zero-order chi connectivity index (χ0) is 20.3. The molecule has 0 bridgehead atoms. The smallest absolute Gasteiger partial charge is 0.325 e. The number of aromatic nitrogens is 3. The molecule has 3 rings (SSSR count). The van der Waals surface area contributed by atoms with Gasteiger partial charge >= 0.3 is 6.18 Å². The molecule has 1 aromatic heterocycles. The van der Waals surface area contributed by atoms with E-state index in [4.69, 9.17) is 11.6 Å². The van der Waals surface area contributed by atoms with E-state index in [0.29, 0.717) is 16.0 Å². The maximum atomic E-state index is 12.8. The lowest BCUT2D eigenvalue weighted by Gasteiger charge is -2.12. The first-order valence-corrected chi connectivity index (χ1v) is 9.31. The van der Waals surface area contributed by atoms with Gasteiger partial charge in [0.25, 0.3) is 0 Å². The summed E-state index contributed by atoms with van der Waals surface area (Å²) in [7, 11) is 0. The Balaban J connectivity index is 1.64. The molecule has 1 heterocycles. The fourth-order valence-electron chi connectivity index (χ4n) is 2.26. The van der Waals surface area contributed by atoms with Crippen LogP contribution in [0.3, 0.4) is 0 Å². The van der Waals surface area contributed by atoms with Crippen LogP contribution in [0, 0.1) is 0 Å². The van der Waals surface area contributed by atoms with Crippen LogP contribution < -0.4 is 5.32 Å². The first-order valence-electron chi connectivity index (χ1n) is 8.05. The van der Waals surface area contributed by atoms with Crippen molar-refractivity contribution >= 4 is 35.0 Å². The van der Waals surface area contributed by atoms with Gasteiger partial charge in [0.05, 0.1) is 10.8 Å². The molecule has 0 radical (unpaired) electrons. The topological polar surface area (TPSA) is 70.7 Å². The lowest BCUT2D eigenvalue weighted by atomic mass is 10.2. The van der Waals surface area contributed by atoms with Crippen LogP contribution in [0.15, 0.2) is 53.7 Å². The highest BCUT2D eigenvalue weighted by atomic mass is 35.5. The maximum absolute atomic E-state index is 12.8. The van der Waals surface area contributed by atoms with Crippen LogP contribution in [-0.4, -0.2) is 26.3 Å². The van der Waals surface area contributed by atoms with Gasteiger partial charge < -0.3 is 5.32 Å². The highest BCUT2D eigenvalue weighted by Crippen LogP contribution is 2.31. The van der Waals surface area contributed by atoms with Crippen molar-refractivity contribution in [3.05, 3.63) is 59.1 Å².